The van der Waals surface area contributed by atoms with E-state index in [1.54, 1.807) is 13.0 Å². The van der Waals surface area contributed by atoms with Gasteiger partial charge in [-0.2, -0.15) is 5.26 Å². The van der Waals surface area contributed by atoms with Crippen molar-refractivity contribution in [3.8, 4) is 6.07 Å². The molecule has 3 rings (SSSR count). The van der Waals surface area contributed by atoms with E-state index in [1.807, 2.05) is 6.07 Å². The molecule has 0 bridgehead atoms. The van der Waals surface area contributed by atoms with Crippen LogP contribution in [0, 0.1) is 11.3 Å². The van der Waals surface area contributed by atoms with Crippen LogP contribution in [0.2, 0.25) is 0 Å². The maximum absolute atomic E-state index is 11.8. The number of hydrogen-bond donors (Lipinski definition) is 0. The highest BCUT2D eigenvalue weighted by atomic mass is 16.5. The minimum Gasteiger partial charge on any atom is -0.462 e. The van der Waals surface area contributed by atoms with Crippen molar-refractivity contribution >= 4 is 17.7 Å². The highest BCUT2D eigenvalue weighted by Crippen LogP contribution is 2.36. The predicted molar refractivity (Wildman–Crippen MR) is 85.5 cm³/mol. The fourth-order valence-corrected chi connectivity index (χ4v) is 3.43. The van der Waals surface area contributed by atoms with Crippen LogP contribution in [0.4, 0.5) is 5.69 Å². The lowest BCUT2D eigenvalue weighted by Crippen LogP contribution is -2.34. The number of rotatable bonds is 3. The van der Waals surface area contributed by atoms with Crippen LogP contribution in [0.25, 0.3) is 6.08 Å². The van der Waals surface area contributed by atoms with Crippen LogP contribution in [-0.4, -0.2) is 25.7 Å². The molecular formula is C18H20N2O2. The maximum atomic E-state index is 11.8. The van der Waals surface area contributed by atoms with E-state index in [9.17, 15) is 10.1 Å². The first kappa shape index (κ1) is 14.6. The van der Waals surface area contributed by atoms with Gasteiger partial charge in [0.25, 0.3) is 0 Å². The zero-order chi connectivity index (χ0) is 15.5. The molecule has 0 fully saturated rings. The predicted octanol–water partition coefficient (Wildman–Crippen LogP) is 2.86. The highest BCUT2D eigenvalue weighted by Gasteiger charge is 2.24. The Balaban J connectivity index is 1.99. The van der Waals surface area contributed by atoms with Gasteiger partial charge < -0.3 is 9.64 Å². The normalized spacial score (nSPS) is 16.7. The Bertz CT molecular complexity index is 639. The molecule has 0 spiro atoms. The summed E-state index contributed by atoms with van der Waals surface area (Å²) in [5.74, 6) is -0.544. The van der Waals surface area contributed by atoms with E-state index >= 15 is 0 Å². The molecule has 114 valence electrons. The molecule has 0 saturated carbocycles. The summed E-state index contributed by atoms with van der Waals surface area (Å²) >= 11 is 0. The van der Waals surface area contributed by atoms with E-state index < -0.39 is 5.97 Å². The SMILES string of the molecule is CCOC(=O)C(C#N)=Cc1cc2c3c(c1)CCCN3CCC2. The molecule has 0 N–H and O–H groups in total. The van der Waals surface area contributed by atoms with Crippen LogP contribution in [0.1, 0.15) is 36.5 Å². The van der Waals surface area contributed by atoms with Crippen molar-refractivity contribution in [1.82, 2.24) is 0 Å². The zero-order valence-corrected chi connectivity index (χ0v) is 12.9. The number of benzene rings is 1. The van der Waals surface area contributed by atoms with Gasteiger partial charge in [-0.05, 0) is 67.5 Å². The third-order valence-electron chi connectivity index (χ3n) is 4.28. The first-order valence-corrected chi connectivity index (χ1v) is 7.92. The third kappa shape index (κ3) is 2.71. The lowest BCUT2D eigenvalue weighted by molar-refractivity contribution is -0.137. The van der Waals surface area contributed by atoms with E-state index in [1.165, 1.54) is 29.7 Å². The second-order valence-corrected chi connectivity index (χ2v) is 5.77. The summed E-state index contributed by atoms with van der Waals surface area (Å²) in [6.07, 6.45) is 6.14. The van der Waals surface area contributed by atoms with Gasteiger partial charge in [0.2, 0.25) is 0 Å². The standard InChI is InChI=1S/C18H20N2O2/c1-2-22-18(21)16(12-19)11-13-9-14-5-3-7-20-8-4-6-15(10-13)17(14)20/h9-11H,2-8H2,1H3. The fourth-order valence-electron chi connectivity index (χ4n) is 3.43. The van der Waals surface area contributed by atoms with Gasteiger partial charge in [-0.3, -0.25) is 0 Å². The van der Waals surface area contributed by atoms with E-state index in [4.69, 9.17) is 4.74 Å². The number of aryl methyl sites for hydroxylation is 2. The van der Waals surface area contributed by atoms with Gasteiger partial charge in [0.15, 0.2) is 0 Å². The van der Waals surface area contributed by atoms with Gasteiger partial charge in [-0.1, -0.05) is 0 Å². The minimum absolute atomic E-state index is 0.0671. The molecule has 0 saturated heterocycles. The van der Waals surface area contributed by atoms with Gasteiger partial charge in [0.1, 0.15) is 11.6 Å². The van der Waals surface area contributed by atoms with Crippen LogP contribution < -0.4 is 4.90 Å². The average molecular weight is 296 g/mol. The van der Waals surface area contributed by atoms with Gasteiger partial charge >= 0.3 is 5.97 Å². The van der Waals surface area contributed by atoms with Gasteiger partial charge in [0, 0.05) is 18.8 Å². The summed E-state index contributed by atoms with van der Waals surface area (Å²) in [5, 5.41) is 9.18. The Labute approximate surface area is 131 Å². The summed E-state index contributed by atoms with van der Waals surface area (Å²) < 4.78 is 4.93. The number of hydrogen-bond acceptors (Lipinski definition) is 4. The van der Waals surface area contributed by atoms with E-state index in [2.05, 4.69) is 17.0 Å². The molecule has 0 aliphatic carbocycles. The second-order valence-electron chi connectivity index (χ2n) is 5.77. The van der Waals surface area contributed by atoms with E-state index in [0.29, 0.717) is 0 Å². The monoisotopic (exact) mass is 296 g/mol. The topological polar surface area (TPSA) is 53.3 Å². The van der Waals surface area contributed by atoms with E-state index in [0.717, 1.165) is 31.5 Å². The lowest BCUT2D eigenvalue weighted by Gasteiger charge is -2.37. The van der Waals surface area contributed by atoms with E-state index in [-0.39, 0.29) is 12.2 Å². The second kappa shape index (κ2) is 6.23. The summed E-state index contributed by atoms with van der Waals surface area (Å²) in [5.41, 5.74) is 5.08. The summed E-state index contributed by atoms with van der Waals surface area (Å²) in [7, 11) is 0. The van der Waals surface area contributed by atoms with Crippen molar-refractivity contribution in [3.05, 3.63) is 34.4 Å². The van der Waals surface area contributed by atoms with Crippen molar-refractivity contribution in [2.24, 2.45) is 0 Å². The number of nitriles is 1. The number of ether oxygens (including phenoxy) is 1. The Hall–Kier alpha value is -2.28. The minimum atomic E-state index is -0.544. The van der Waals surface area contributed by atoms with Crippen molar-refractivity contribution in [2.45, 2.75) is 32.6 Å². The summed E-state index contributed by atoms with van der Waals surface area (Å²) in [6.45, 7) is 4.30. The van der Waals surface area contributed by atoms with Crippen LogP contribution in [0.5, 0.6) is 0 Å². The Morgan fingerprint density at radius 3 is 2.50 bits per heavy atom. The maximum Gasteiger partial charge on any atom is 0.348 e. The summed E-state index contributed by atoms with van der Waals surface area (Å²) in [4.78, 5) is 14.2. The first-order chi connectivity index (χ1) is 10.7. The molecule has 1 aromatic rings. The smallest absolute Gasteiger partial charge is 0.348 e. The number of nitrogens with zero attached hydrogens (tertiary/aromatic N) is 2. The highest BCUT2D eigenvalue weighted by molar-refractivity contribution is 5.98. The molecule has 2 aliphatic heterocycles. The molecule has 0 unspecified atom stereocenters. The van der Waals surface area contributed by atoms with Crippen LogP contribution in [0.3, 0.4) is 0 Å². The molecule has 1 aromatic carbocycles. The largest absolute Gasteiger partial charge is 0.462 e. The summed E-state index contributed by atoms with van der Waals surface area (Å²) in [6, 6.07) is 6.19. The van der Waals surface area contributed by atoms with Crippen LogP contribution in [0.15, 0.2) is 17.7 Å². The number of esters is 1. The number of anilines is 1. The number of carbonyl (C=O) groups is 1. The number of carbonyl (C=O) groups excluding carboxylic acids is 1. The van der Waals surface area contributed by atoms with Gasteiger partial charge in [-0.15, -0.1) is 0 Å². The van der Waals surface area contributed by atoms with Crippen molar-refractivity contribution in [2.75, 3.05) is 24.6 Å². The van der Waals surface area contributed by atoms with Crippen molar-refractivity contribution in [3.63, 3.8) is 0 Å². The Morgan fingerprint density at radius 1 is 1.32 bits per heavy atom. The zero-order valence-electron chi connectivity index (χ0n) is 12.9. The van der Waals surface area contributed by atoms with Crippen LogP contribution in [-0.2, 0) is 22.4 Å². The van der Waals surface area contributed by atoms with Crippen LogP contribution >= 0.6 is 0 Å². The molecule has 0 radical (unpaired) electrons. The molecule has 0 atom stereocenters. The Kier molecular flexibility index (Phi) is 4.15. The molecule has 0 aromatic heterocycles. The molecule has 4 heteroatoms. The average Bonchev–Trinajstić information content (AvgIpc) is 2.53. The van der Waals surface area contributed by atoms with Gasteiger partial charge in [0.05, 0.1) is 6.61 Å². The molecular weight excluding hydrogens is 276 g/mol. The lowest BCUT2D eigenvalue weighted by atomic mass is 9.90. The molecule has 22 heavy (non-hydrogen) atoms. The molecule has 2 heterocycles. The molecule has 4 nitrogen and oxygen atoms in total. The van der Waals surface area contributed by atoms with Crippen molar-refractivity contribution < 1.29 is 9.53 Å². The Morgan fingerprint density at radius 2 is 1.95 bits per heavy atom. The molecule has 0 amide bonds. The van der Waals surface area contributed by atoms with Crippen molar-refractivity contribution in [1.29, 1.82) is 5.26 Å². The fraction of sp³-hybridized carbons (Fsp3) is 0.444. The van der Waals surface area contributed by atoms with Gasteiger partial charge in [-0.25, -0.2) is 4.79 Å². The molecule has 2 aliphatic rings. The first-order valence-electron chi connectivity index (χ1n) is 7.92. The quantitative estimate of drug-likeness (QED) is 0.489. The third-order valence-corrected chi connectivity index (χ3v) is 4.28.